The quantitative estimate of drug-likeness (QED) is 0.504. The lowest BCUT2D eigenvalue weighted by Crippen LogP contribution is -2.29. The van der Waals surface area contributed by atoms with Gasteiger partial charge in [0.05, 0.1) is 11.1 Å². The third kappa shape index (κ3) is 4.51. The number of aromatic nitrogens is 1. The number of hydrogen-bond acceptors (Lipinski definition) is 4. The minimum Gasteiger partial charge on any atom is -0.505 e. The molecular weight excluding hydrogens is 398 g/mol. The number of aromatic hydroxyl groups is 1. The zero-order valence-corrected chi connectivity index (χ0v) is 18.4. The molecule has 2 N–H and O–H groups in total. The average molecular weight is 426 g/mol. The predicted molar refractivity (Wildman–Crippen MR) is 123 cm³/mol. The number of nitrogens with one attached hydrogen (secondary N) is 1. The molecule has 30 heavy (non-hydrogen) atoms. The van der Waals surface area contributed by atoms with Crippen LogP contribution in [0.1, 0.15) is 50.8 Å². The van der Waals surface area contributed by atoms with Crippen LogP contribution < -0.4 is 10.2 Å². The van der Waals surface area contributed by atoms with Crippen LogP contribution in [0.4, 0.5) is 5.69 Å². The van der Waals surface area contributed by atoms with Crippen LogP contribution in [0, 0.1) is 0 Å². The van der Waals surface area contributed by atoms with Gasteiger partial charge in [0.15, 0.2) is 0 Å². The topological polar surface area (TPSA) is 65.5 Å². The molecule has 1 heterocycles. The standard InChI is InChI=1S/C24H28ClN3O2/c1-4-8-21(29)27-22(16-10-12-17(13-11-16)28(5-2)6-3)19-15-20(25)18-9-7-14-26-23(18)24(19)30/h7,9-15,22,30H,4-6,8H2,1-3H3,(H,27,29)/t22-/m0/s1. The Bertz CT molecular complexity index is 1020. The van der Waals surface area contributed by atoms with Crippen LogP contribution >= 0.6 is 11.6 Å². The highest BCUT2D eigenvalue weighted by molar-refractivity contribution is 6.35. The van der Waals surface area contributed by atoms with Crippen LogP contribution in [0.25, 0.3) is 10.9 Å². The number of carbonyl (C=O) groups excluding carboxylic acids is 1. The zero-order chi connectivity index (χ0) is 21.7. The third-order valence-electron chi connectivity index (χ3n) is 5.29. The van der Waals surface area contributed by atoms with Crippen LogP contribution in [0.15, 0.2) is 48.7 Å². The molecule has 3 rings (SSSR count). The number of benzene rings is 2. The normalized spacial score (nSPS) is 12.0. The summed E-state index contributed by atoms with van der Waals surface area (Å²) < 4.78 is 0. The molecule has 0 fully saturated rings. The highest BCUT2D eigenvalue weighted by Crippen LogP contribution is 2.38. The molecule has 1 atom stereocenters. The van der Waals surface area contributed by atoms with Gasteiger partial charge in [-0.3, -0.25) is 9.78 Å². The van der Waals surface area contributed by atoms with Crippen LogP contribution in [-0.4, -0.2) is 29.1 Å². The molecular formula is C24H28ClN3O2. The van der Waals surface area contributed by atoms with E-state index in [2.05, 4.69) is 29.0 Å². The fraction of sp³-hybridized carbons (Fsp3) is 0.333. The van der Waals surface area contributed by atoms with Gasteiger partial charge in [-0.25, -0.2) is 0 Å². The second-order valence-corrected chi connectivity index (χ2v) is 7.62. The lowest BCUT2D eigenvalue weighted by Gasteiger charge is -2.24. The highest BCUT2D eigenvalue weighted by Gasteiger charge is 2.23. The van der Waals surface area contributed by atoms with Crippen molar-refractivity contribution in [2.75, 3.05) is 18.0 Å². The lowest BCUT2D eigenvalue weighted by atomic mass is 9.95. The summed E-state index contributed by atoms with van der Waals surface area (Å²) in [6, 6.07) is 12.8. The van der Waals surface area contributed by atoms with E-state index in [0.717, 1.165) is 30.8 Å². The Labute approximate surface area is 182 Å². The maximum absolute atomic E-state index is 12.5. The summed E-state index contributed by atoms with van der Waals surface area (Å²) in [5.41, 5.74) is 2.95. The van der Waals surface area contributed by atoms with Crippen molar-refractivity contribution in [2.24, 2.45) is 0 Å². The molecule has 1 amide bonds. The van der Waals surface area contributed by atoms with E-state index in [0.29, 0.717) is 27.9 Å². The highest BCUT2D eigenvalue weighted by atomic mass is 35.5. The molecule has 1 aromatic heterocycles. The number of nitrogens with zero attached hydrogens (tertiary/aromatic N) is 2. The van der Waals surface area contributed by atoms with Gasteiger partial charge in [0.25, 0.3) is 0 Å². The van der Waals surface area contributed by atoms with Gasteiger partial charge < -0.3 is 15.3 Å². The Balaban J connectivity index is 2.09. The van der Waals surface area contributed by atoms with Crippen molar-refractivity contribution in [2.45, 2.75) is 39.7 Å². The van der Waals surface area contributed by atoms with Crippen molar-refractivity contribution in [3.63, 3.8) is 0 Å². The lowest BCUT2D eigenvalue weighted by molar-refractivity contribution is -0.121. The summed E-state index contributed by atoms with van der Waals surface area (Å²) in [5.74, 6) is -0.0448. The van der Waals surface area contributed by atoms with E-state index in [1.54, 1.807) is 18.3 Å². The largest absolute Gasteiger partial charge is 0.505 e. The first-order valence-electron chi connectivity index (χ1n) is 10.4. The summed E-state index contributed by atoms with van der Waals surface area (Å²) in [7, 11) is 0. The first-order valence-corrected chi connectivity index (χ1v) is 10.8. The number of carbonyl (C=O) groups is 1. The number of anilines is 1. The fourth-order valence-corrected chi connectivity index (χ4v) is 3.96. The molecule has 5 nitrogen and oxygen atoms in total. The number of pyridine rings is 1. The molecule has 0 saturated heterocycles. The Kier molecular flexibility index (Phi) is 7.16. The number of halogens is 1. The second-order valence-electron chi connectivity index (χ2n) is 7.21. The van der Waals surface area contributed by atoms with Gasteiger partial charge in [-0.1, -0.05) is 30.7 Å². The Morgan fingerprint density at radius 1 is 1.17 bits per heavy atom. The van der Waals surface area contributed by atoms with Crippen molar-refractivity contribution in [3.05, 3.63) is 64.8 Å². The van der Waals surface area contributed by atoms with Crippen LogP contribution in [0.3, 0.4) is 0 Å². The molecule has 0 saturated carbocycles. The van der Waals surface area contributed by atoms with Gasteiger partial charge in [0.1, 0.15) is 11.3 Å². The molecule has 0 spiro atoms. The molecule has 0 aliphatic carbocycles. The molecule has 0 aliphatic heterocycles. The predicted octanol–water partition coefficient (Wildman–Crippen LogP) is 5.45. The van der Waals surface area contributed by atoms with Crippen molar-refractivity contribution in [1.82, 2.24) is 10.3 Å². The number of amides is 1. The maximum atomic E-state index is 12.5. The van der Waals surface area contributed by atoms with Crippen molar-refractivity contribution >= 4 is 34.1 Å². The van der Waals surface area contributed by atoms with Gasteiger partial charge >= 0.3 is 0 Å². The Hall–Kier alpha value is -2.79. The molecule has 0 bridgehead atoms. The van der Waals surface area contributed by atoms with Crippen LogP contribution in [-0.2, 0) is 4.79 Å². The van der Waals surface area contributed by atoms with E-state index < -0.39 is 6.04 Å². The first-order chi connectivity index (χ1) is 14.5. The van der Waals surface area contributed by atoms with Gasteiger partial charge in [0, 0.05) is 42.3 Å². The fourth-order valence-electron chi connectivity index (χ4n) is 3.69. The van der Waals surface area contributed by atoms with Gasteiger partial charge in [-0.15, -0.1) is 0 Å². The van der Waals surface area contributed by atoms with Crippen LogP contribution in [0.2, 0.25) is 5.02 Å². The number of phenols is 1. The number of hydrogen-bond donors (Lipinski definition) is 2. The van der Waals surface area contributed by atoms with Gasteiger partial charge in [0.2, 0.25) is 5.91 Å². The average Bonchev–Trinajstić information content (AvgIpc) is 2.76. The number of rotatable bonds is 8. The summed E-state index contributed by atoms with van der Waals surface area (Å²) in [4.78, 5) is 19.0. The monoisotopic (exact) mass is 425 g/mol. The summed E-state index contributed by atoms with van der Waals surface area (Å²) >= 11 is 6.50. The molecule has 0 unspecified atom stereocenters. The van der Waals surface area contributed by atoms with Gasteiger partial charge in [-0.2, -0.15) is 0 Å². The minimum absolute atomic E-state index is 0.0321. The van der Waals surface area contributed by atoms with E-state index in [1.165, 1.54) is 0 Å². The minimum atomic E-state index is -0.529. The molecule has 6 heteroatoms. The Morgan fingerprint density at radius 3 is 2.50 bits per heavy atom. The van der Waals surface area contributed by atoms with Crippen molar-refractivity contribution in [3.8, 4) is 5.75 Å². The summed E-state index contributed by atoms with van der Waals surface area (Å²) in [6.45, 7) is 8.03. The molecule has 2 aromatic carbocycles. The van der Waals surface area contributed by atoms with E-state index in [-0.39, 0.29) is 11.7 Å². The smallest absolute Gasteiger partial charge is 0.220 e. The summed E-state index contributed by atoms with van der Waals surface area (Å²) in [6.07, 6.45) is 2.77. The zero-order valence-electron chi connectivity index (χ0n) is 17.7. The van der Waals surface area contributed by atoms with E-state index in [4.69, 9.17) is 11.6 Å². The maximum Gasteiger partial charge on any atom is 0.220 e. The number of phenolic OH excluding ortho intramolecular Hbond substituents is 1. The molecule has 0 radical (unpaired) electrons. The SMILES string of the molecule is CCCC(=O)N[C@@H](c1ccc(N(CC)CC)cc1)c1cc(Cl)c2cccnc2c1O. The molecule has 0 aliphatic rings. The van der Waals surface area contributed by atoms with Crippen LogP contribution in [0.5, 0.6) is 5.75 Å². The summed E-state index contributed by atoms with van der Waals surface area (Å²) in [5, 5.41) is 15.2. The van der Waals surface area contributed by atoms with E-state index >= 15 is 0 Å². The van der Waals surface area contributed by atoms with Crippen molar-refractivity contribution < 1.29 is 9.90 Å². The number of fused-ring (bicyclic) bond motifs is 1. The van der Waals surface area contributed by atoms with Crippen molar-refractivity contribution in [1.29, 1.82) is 0 Å². The first kappa shape index (κ1) is 21.9. The van der Waals surface area contributed by atoms with Gasteiger partial charge in [-0.05, 0) is 56.2 Å². The van der Waals surface area contributed by atoms with E-state index in [1.807, 2.05) is 37.3 Å². The second kappa shape index (κ2) is 9.81. The van der Waals surface area contributed by atoms with E-state index in [9.17, 15) is 9.90 Å². The Morgan fingerprint density at radius 2 is 1.87 bits per heavy atom. The molecule has 158 valence electrons. The molecule has 3 aromatic rings. The third-order valence-corrected chi connectivity index (χ3v) is 5.61.